The molecule has 0 saturated heterocycles. The normalized spacial score (nSPS) is 10.6. The first kappa shape index (κ1) is 11.4. The van der Waals surface area contributed by atoms with Gasteiger partial charge in [0.05, 0.1) is 6.61 Å². The van der Waals surface area contributed by atoms with Crippen LogP contribution in [0.4, 0.5) is 4.39 Å². The number of aromatic nitrogens is 1. The van der Waals surface area contributed by atoms with Crippen LogP contribution in [0.5, 0.6) is 0 Å². The fourth-order valence-electron chi connectivity index (χ4n) is 1.07. The third-order valence-corrected chi connectivity index (χ3v) is 1.78. The van der Waals surface area contributed by atoms with E-state index in [0.29, 0.717) is 17.9 Å². The highest BCUT2D eigenvalue weighted by molar-refractivity contribution is 5.87. The Balaban J connectivity index is 2.76. The van der Waals surface area contributed by atoms with Crippen LogP contribution in [0.3, 0.4) is 0 Å². The van der Waals surface area contributed by atoms with Gasteiger partial charge in [0.1, 0.15) is 0 Å². The van der Waals surface area contributed by atoms with Gasteiger partial charge in [0, 0.05) is 11.8 Å². The minimum absolute atomic E-state index is 0.337. The molecule has 0 fully saturated rings. The van der Waals surface area contributed by atoms with E-state index in [1.54, 1.807) is 26.0 Å². The standard InChI is InChI=1S/C11H12FNO2/c1-3-15-11(14)7-5-9-4-6-10(12)13-8(9)2/h4-7H,3H2,1-2H3. The third-order valence-electron chi connectivity index (χ3n) is 1.78. The number of halogens is 1. The van der Waals surface area contributed by atoms with E-state index in [9.17, 15) is 9.18 Å². The number of hydrogen-bond acceptors (Lipinski definition) is 3. The quantitative estimate of drug-likeness (QED) is 0.435. The van der Waals surface area contributed by atoms with Crippen molar-refractivity contribution in [3.63, 3.8) is 0 Å². The summed E-state index contributed by atoms with van der Waals surface area (Å²) in [6.45, 7) is 3.74. The van der Waals surface area contributed by atoms with Crippen molar-refractivity contribution in [1.29, 1.82) is 0 Å². The third kappa shape index (κ3) is 3.50. The first-order chi connectivity index (χ1) is 7.13. The Bertz CT molecular complexity index is 388. The molecule has 0 atom stereocenters. The second-order valence-corrected chi connectivity index (χ2v) is 2.89. The zero-order valence-corrected chi connectivity index (χ0v) is 8.66. The monoisotopic (exact) mass is 209 g/mol. The molecule has 0 bridgehead atoms. The van der Waals surface area contributed by atoms with Crippen molar-refractivity contribution in [2.45, 2.75) is 13.8 Å². The van der Waals surface area contributed by atoms with E-state index in [-0.39, 0.29) is 0 Å². The number of ether oxygens (including phenoxy) is 1. The van der Waals surface area contributed by atoms with Gasteiger partial charge in [0.15, 0.2) is 0 Å². The number of rotatable bonds is 3. The maximum atomic E-state index is 12.6. The van der Waals surface area contributed by atoms with E-state index < -0.39 is 11.9 Å². The van der Waals surface area contributed by atoms with Crippen molar-refractivity contribution in [1.82, 2.24) is 4.98 Å². The van der Waals surface area contributed by atoms with Crippen molar-refractivity contribution >= 4 is 12.0 Å². The van der Waals surface area contributed by atoms with Crippen LogP contribution in [0.15, 0.2) is 18.2 Å². The molecule has 0 aromatic carbocycles. The molecule has 0 N–H and O–H groups in total. The topological polar surface area (TPSA) is 39.2 Å². The number of esters is 1. The van der Waals surface area contributed by atoms with E-state index in [1.807, 2.05) is 0 Å². The molecule has 1 heterocycles. The second-order valence-electron chi connectivity index (χ2n) is 2.89. The highest BCUT2D eigenvalue weighted by Gasteiger charge is 1.99. The van der Waals surface area contributed by atoms with Gasteiger partial charge in [-0.15, -0.1) is 0 Å². The Morgan fingerprint density at radius 3 is 2.93 bits per heavy atom. The van der Waals surface area contributed by atoms with E-state index in [1.165, 1.54) is 12.1 Å². The Kier molecular flexibility index (Phi) is 3.97. The lowest BCUT2D eigenvalue weighted by Crippen LogP contribution is -1.99. The molecular weight excluding hydrogens is 197 g/mol. The fourth-order valence-corrected chi connectivity index (χ4v) is 1.07. The van der Waals surface area contributed by atoms with E-state index >= 15 is 0 Å². The minimum atomic E-state index is -0.527. The minimum Gasteiger partial charge on any atom is -0.463 e. The molecule has 0 aliphatic carbocycles. The largest absolute Gasteiger partial charge is 0.463 e. The first-order valence-corrected chi connectivity index (χ1v) is 4.61. The lowest BCUT2D eigenvalue weighted by Gasteiger charge is -1.99. The lowest BCUT2D eigenvalue weighted by atomic mass is 10.2. The van der Waals surface area contributed by atoms with Crippen molar-refractivity contribution in [3.05, 3.63) is 35.4 Å². The van der Waals surface area contributed by atoms with Crippen LogP contribution >= 0.6 is 0 Å². The average Bonchev–Trinajstić information content (AvgIpc) is 2.17. The van der Waals surface area contributed by atoms with E-state index in [2.05, 4.69) is 4.98 Å². The summed E-state index contributed by atoms with van der Waals surface area (Å²) in [5.74, 6) is -0.943. The van der Waals surface area contributed by atoms with Gasteiger partial charge in [-0.25, -0.2) is 9.78 Å². The summed E-state index contributed by atoms with van der Waals surface area (Å²) < 4.78 is 17.3. The van der Waals surface area contributed by atoms with Crippen LogP contribution in [0.2, 0.25) is 0 Å². The second kappa shape index (κ2) is 5.24. The van der Waals surface area contributed by atoms with Crippen molar-refractivity contribution in [2.75, 3.05) is 6.61 Å². The molecule has 0 aliphatic rings. The van der Waals surface area contributed by atoms with E-state index in [4.69, 9.17) is 4.74 Å². The van der Waals surface area contributed by atoms with Gasteiger partial charge in [-0.05, 0) is 37.6 Å². The highest BCUT2D eigenvalue weighted by Crippen LogP contribution is 2.08. The Morgan fingerprint density at radius 1 is 1.60 bits per heavy atom. The number of hydrogen-bond donors (Lipinski definition) is 0. The summed E-state index contributed by atoms with van der Waals surface area (Å²) in [6, 6.07) is 2.81. The molecule has 0 aliphatic heterocycles. The molecule has 80 valence electrons. The van der Waals surface area contributed by atoms with Crippen molar-refractivity contribution in [2.24, 2.45) is 0 Å². The summed E-state index contributed by atoms with van der Waals surface area (Å²) >= 11 is 0. The van der Waals surface area contributed by atoms with Crippen LogP contribution in [0.25, 0.3) is 6.08 Å². The van der Waals surface area contributed by atoms with Gasteiger partial charge in [0.25, 0.3) is 0 Å². The molecule has 3 nitrogen and oxygen atoms in total. The molecule has 15 heavy (non-hydrogen) atoms. The van der Waals surface area contributed by atoms with Gasteiger partial charge in [-0.1, -0.05) is 0 Å². The number of aryl methyl sites for hydroxylation is 1. The maximum absolute atomic E-state index is 12.6. The van der Waals surface area contributed by atoms with Crippen LogP contribution in [0.1, 0.15) is 18.2 Å². The van der Waals surface area contributed by atoms with Crippen LogP contribution in [0, 0.1) is 12.9 Å². The Labute approximate surface area is 87.6 Å². The lowest BCUT2D eigenvalue weighted by molar-refractivity contribution is -0.137. The van der Waals surface area contributed by atoms with Crippen LogP contribution in [-0.4, -0.2) is 17.6 Å². The van der Waals surface area contributed by atoms with Gasteiger partial charge >= 0.3 is 5.97 Å². The van der Waals surface area contributed by atoms with Crippen LogP contribution < -0.4 is 0 Å². The Hall–Kier alpha value is -1.71. The average molecular weight is 209 g/mol. The molecule has 0 unspecified atom stereocenters. The van der Waals surface area contributed by atoms with Crippen molar-refractivity contribution < 1.29 is 13.9 Å². The first-order valence-electron chi connectivity index (χ1n) is 4.61. The van der Waals surface area contributed by atoms with Crippen molar-refractivity contribution in [3.8, 4) is 0 Å². The smallest absolute Gasteiger partial charge is 0.330 e. The summed E-state index contributed by atoms with van der Waals surface area (Å²) in [5.41, 5.74) is 1.24. The SMILES string of the molecule is CCOC(=O)C=Cc1ccc(F)nc1C. The number of pyridine rings is 1. The predicted octanol–water partition coefficient (Wildman–Crippen LogP) is 2.11. The molecule has 0 radical (unpaired) electrons. The van der Waals surface area contributed by atoms with Gasteiger partial charge in [-0.3, -0.25) is 0 Å². The molecule has 0 spiro atoms. The maximum Gasteiger partial charge on any atom is 0.330 e. The molecule has 4 heteroatoms. The van der Waals surface area contributed by atoms with Gasteiger partial charge in [-0.2, -0.15) is 4.39 Å². The van der Waals surface area contributed by atoms with E-state index in [0.717, 1.165) is 0 Å². The fraction of sp³-hybridized carbons (Fsp3) is 0.273. The number of carbonyl (C=O) groups excluding carboxylic acids is 1. The molecule has 0 amide bonds. The number of carbonyl (C=O) groups is 1. The summed E-state index contributed by atoms with van der Waals surface area (Å²) in [5, 5.41) is 0. The molecule has 1 rings (SSSR count). The van der Waals surface area contributed by atoms with Crippen LogP contribution in [-0.2, 0) is 9.53 Å². The zero-order valence-electron chi connectivity index (χ0n) is 8.66. The summed E-state index contributed by atoms with van der Waals surface area (Å²) in [6.07, 6.45) is 2.85. The van der Waals surface area contributed by atoms with Gasteiger partial charge in [0.2, 0.25) is 5.95 Å². The van der Waals surface area contributed by atoms with Gasteiger partial charge < -0.3 is 4.74 Å². The molecule has 1 aromatic rings. The zero-order chi connectivity index (χ0) is 11.3. The molecule has 0 saturated carbocycles. The Morgan fingerprint density at radius 2 is 2.33 bits per heavy atom. The summed E-state index contributed by atoms with van der Waals surface area (Å²) in [4.78, 5) is 14.6. The molecule has 1 aromatic heterocycles. The highest BCUT2D eigenvalue weighted by atomic mass is 19.1. The summed E-state index contributed by atoms with van der Waals surface area (Å²) in [7, 11) is 0. The predicted molar refractivity (Wildman–Crippen MR) is 54.6 cm³/mol. The number of nitrogens with zero attached hydrogens (tertiary/aromatic N) is 1. The molecular formula is C11H12FNO2.